The number of ether oxygens (including phenoxy) is 3. The van der Waals surface area contributed by atoms with Crippen molar-refractivity contribution in [3.8, 4) is 6.01 Å². The van der Waals surface area contributed by atoms with E-state index in [9.17, 15) is 0 Å². The van der Waals surface area contributed by atoms with Crippen molar-refractivity contribution in [1.82, 2.24) is 19.9 Å². The van der Waals surface area contributed by atoms with Crippen molar-refractivity contribution in [2.45, 2.75) is 13.3 Å². The standard InChI is InChI=1S/C20H29N7O3S/c1-2-16-3-4-18(31-16)25-21-15-17-22-19(27-8-12-29-13-9-27)24-20(23-17)30-14-7-26-5-10-28-11-6-26/h3-4,15,25H,2,5-14H2,1H3. The van der Waals surface area contributed by atoms with E-state index in [-0.39, 0.29) is 0 Å². The Kier molecular flexibility index (Phi) is 7.99. The fourth-order valence-corrected chi connectivity index (χ4v) is 4.06. The van der Waals surface area contributed by atoms with E-state index < -0.39 is 0 Å². The quantitative estimate of drug-likeness (QED) is 0.453. The lowest BCUT2D eigenvalue weighted by atomic mass is 10.4. The molecular formula is C20H29N7O3S. The fraction of sp³-hybridized carbons (Fsp3) is 0.600. The van der Waals surface area contributed by atoms with Gasteiger partial charge in [-0.25, -0.2) is 0 Å². The van der Waals surface area contributed by atoms with Crippen LogP contribution in [0.4, 0.5) is 10.9 Å². The molecule has 4 rings (SSSR count). The van der Waals surface area contributed by atoms with Crippen molar-refractivity contribution < 1.29 is 14.2 Å². The van der Waals surface area contributed by atoms with Gasteiger partial charge in [0.25, 0.3) is 0 Å². The molecule has 0 aliphatic carbocycles. The average Bonchev–Trinajstić information content (AvgIpc) is 3.28. The summed E-state index contributed by atoms with van der Waals surface area (Å²) in [6.07, 6.45) is 2.61. The minimum atomic E-state index is 0.315. The van der Waals surface area contributed by atoms with Crippen LogP contribution in [-0.4, -0.2) is 91.8 Å². The van der Waals surface area contributed by atoms with Crippen LogP contribution in [0.2, 0.25) is 0 Å². The summed E-state index contributed by atoms with van der Waals surface area (Å²) in [5.41, 5.74) is 3.05. The van der Waals surface area contributed by atoms with E-state index in [1.54, 1.807) is 17.6 Å². The zero-order chi connectivity index (χ0) is 21.3. The van der Waals surface area contributed by atoms with E-state index in [0.29, 0.717) is 37.6 Å². The number of nitrogens with one attached hydrogen (secondary N) is 1. The molecule has 2 saturated heterocycles. The predicted octanol–water partition coefficient (Wildman–Crippen LogP) is 1.49. The van der Waals surface area contributed by atoms with Gasteiger partial charge >= 0.3 is 6.01 Å². The summed E-state index contributed by atoms with van der Waals surface area (Å²) in [5, 5.41) is 5.29. The van der Waals surface area contributed by atoms with Crippen LogP contribution in [0.1, 0.15) is 17.6 Å². The molecule has 2 aliphatic rings. The number of thiophene rings is 1. The van der Waals surface area contributed by atoms with Crippen LogP contribution in [-0.2, 0) is 15.9 Å². The summed E-state index contributed by atoms with van der Waals surface area (Å²) in [6.45, 7) is 9.62. The number of hydrazone groups is 1. The van der Waals surface area contributed by atoms with E-state index in [4.69, 9.17) is 14.2 Å². The summed E-state index contributed by atoms with van der Waals surface area (Å²) in [7, 11) is 0. The Morgan fingerprint density at radius 1 is 1.10 bits per heavy atom. The zero-order valence-electron chi connectivity index (χ0n) is 17.8. The highest BCUT2D eigenvalue weighted by Crippen LogP contribution is 2.22. The molecule has 0 spiro atoms. The normalized spacial score (nSPS) is 17.9. The highest BCUT2D eigenvalue weighted by atomic mass is 32.1. The van der Waals surface area contributed by atoms with Gasteiger partial charge in [0.15, 0.2) is 5.82 Å². The first kappa shape index (κ1) is 21.9. The molecule has 10 nitrogen and oxygen atoms in total. The smallest absolute Gasteiger partial charge is 0.321 e. The number of anilines is 2. The zero-order valence-corrected chi connectivity index (χ0v) is 18.6. The fourth-order valence-electron chi connectivity index (χ4n) is 3.26. The van der Waals surface area contributed by atoms with Crippen LogP contribution < -0.4 is 15.1 Å². The molecule has 1 N–H and O–H groups in total. The second-order valence-corrected chi connectivity index (χ2v) is 8.34. The molecule has 0 bridgehead atoms. The topological polar surface area (TPSA) is 97.2 Å². The number of aryl methyl sites for hydroxylation is 1. The Bertz CT molecular complexity index is 851. The van der Waals surface area contributed by atoms with Crippen LogP contribution in [0.25, 0.3) is 0 Å². The van der Waals surface area contributed by atoms with Crippen molar-refractivity contribution in [3.63, 3.8) is 0 Å². The maximum absolute atomic E-state index is 5.88. The maximum Gasteiger partial charge on any atom is 0.321 e. The lowest BCUT2D eigenvalue weighted by Gasteiger charge is -2.27. The minimum absolute atomic E-state index is 0.315. The Morgan fingerprint density at radius 2 is 1.87 bits per heavy atom. The average molecular weight is 448 g/mol. The SMILES string of the molecule is CCc1ccc(NN=Cc2nc(OCCN3CCOCC3)nc(N3CCOCC3)n2)s1. The van der Waals surface area contributed by atoms with Crippen LogP contribution in [0.15, 0.2) is 17.2 Å². The van der Waals surface area contributed by atoms with Gasteiger partial charge in [0, 0.05) is 37.6 Å². The van der Waals surface area contributed by atoms with Crippen molar-refractivity contribution in [2.75, 3.05) is 76.1 Å². The van der Waals surface area contributed by atoms with Gasteiger partial charge in [0.2, 0.25) is 5.95 Å². The van der Waals surface area contributed by atoms with Crippen molar-refractivity contribution in [1.29, 1.82) is 0 Å². The molecule has 0 radical (unpaired) electrons. The third-order valence-electron chi connectivity index (χ3n) is 5.02. The summed E-state index contributed by atoms with van der Waals surface area (Å²) < 4.78 is 16.7. The number of rotatable bonds is 9. The van der Waals surface area contributed by atoms with E-state index in [0.717, 1.165) is 57.4 Å². The molecule has 0 aromatic carbocycles. The monoisotopic (exact) mass is 447 g/mol. The van der Waals surface area contributed by atoms with E-state index in [2.05, 4.69) is 48.3 Å². The predicted molar refractivity (Wildman–Crippen MR) is 121 cm³/mol. The van der Waals surface area contributed by atoms with Crippen molar-refractivity contribution >= 4 is 28.5 Å². The molecule has 0 saturated carbocycles. The Morgan fingerprint density at radius 3 is 2.61 bits per heavy atom. The summed E-state index contributed by atoms with van der Waals surface area (Å²) in [6, 6.07) is 4.44. The molecule has 168 valence electrons. The van der Waals surface area contributed by atoms with Gasteiger partial charge in [-0.15, -0.1) is 11.3 Å². The lowest BCUT2D eigenvalue weighted by molar-refractivity contribution is 0.0317. The Balaban J connectivity index is 1.42. The summed E-state index contributed by atoms with van der Waals surface area (Å²) >= 11 is 1.68. The van der Waals surface area contributed by atoms with Crippen molar-refractivity contribution in [2.24, 2.45) is 5.10 Å². The molecule has 2 aliphatic heterocycles. The number of morpholine rings is 2. The van der Waals surface area contributed by atoms with E-state index >= 15 is 0 Å². The van der Waals surface area contributed by atoms with Crippen LogP contribution in [0.3, 0.4) is 0 Å². The molecule has 2 aromatic rings. The highest BCUT2D eigenvalue weighted by molar-refractivity contribution is 7.16. The number of nitrogens with zero attached hydrogens (tertiary/aromatic N) is 6. The second kappa shape index (κ2) is 11.3. The molecule has 2 fully saturated rings. The maximum atomic E-state index is 5.88. The van der Waals surface area contributed by atoms with Gasteiger partial charge in [-0.3, -0.25) is 10.3 Å². The van der Waals surface area contributed by atoms with Gasteiger partial charge < -0.3 is 19.1 Å². The van der Waals surface area contributed by atoms with Gasteiger partial charge in [-0.2, -0.15) is 20.1 Å². The number of aromatic nitrogens is 3. The van der Waals surface area contributed by atoms with E-state index in [1.165, 1.54) is 4.88 Å². The van der Waals surface area contributed by atoms with Gasteiger partial charge in [0.05, 0.1) is 32.6 Å². The van der Waals surface area contributed by atoms with Gasteiger partial charge in [0.1, 0.15) is 11.6 Å². The van der Waals surface area contributed by atoms with Crippen LogP contribution in [0, 0.1) is 0 Å². The molecular weight excluding hydrogens is 418 g/mol. The van der Waals surface area contributed by atoms with E-state index in [1.807, 2.05) is 6.07 Å². The molecule has 0 atom stereocenters. The first-order valence-corrected chi connectivity index (χ1v) is 11.5. The molecule has 31 heavy (non-hydrogen) atoms. The lowest BCUT2D eigenvalue weighted by Crippen LogP contribution is -2.39. The largest absolute Gasteiger partial charge is 0.462 e. The Labute approximate surface area is 186 Å². The first-order valence-electron chi connectivity index (χ1n) is 10.7. The summed E-state index contributed by atoms with van der Waals surface area (Å²) in [5.74, 6) is 1.04. The summed E-state index contributed by atoms with van der Waals surface area (Å²) in [4.78, 5) is 19.2. The van der Waals surface area contributed by atoms with Gasteiger partial charge in [-0.05, 0) is 18.6 Å². The molecule has 4 heterocycles. The molecule has 0 unspecified atom stereocenters. The minimum Gasteiger partial charge on any atom is -0.462 e. The third kappa shape index (κ3) is 6.57. The molecule has 11 heteroatoms. The first-order chi connectivity index (χ1) is 15.3. The number of hydrogen-bond donors (Lipinski definition) is 1. The Hall–Kier alpha value is -2.34. The molecule has 2 aromatic heterocycles. The van der Waals surface area contributed by atoms with Crippen molar-refractivity contribution in [3.05, 3.63) is 22.8 Å². The number of hydrogen-bond acceptors (Lipinski definition) is 11. The van der Waals surface area contributed by atoms with Gasteiger partial charge in [-0.1, -0.05) is 6.92 Å². The second-order valence-electron chi connectivity index (χ2n) is 7.17. The van der Waals surface area contributed by atoms with Crippen LogP contribution in [0.5, 0.6) is 6.01 Å². The highest BCUT2D eigenvalue weighted by Gasteiger charge is 2.17. The van der Waals surface area contributed by atoms with Crippen LogP contribution >= 0.6 is 11.3 Å². The third-order valence-corrected chi connectivity index (χ3v) is 6.16. The molecule has 0 amide bonds.